The van der Waals surface area contributed by atoms with Crippen LogP contribution >= 0.6 is 23.4 Å². The number of hydrogen-bond donors (Lipinski definition) is 2. The molecule has 2 heterocycles. The van der Waals surface area contributed by atoms with E-state index >= 15 is 0 Å². The molecule has 10 heteroatoms. The molecule has 0 saturated carbocycles. The van der Waals surface area contributed by atoms with Crippen molar-refractivity contribution in [1.82, 2.24) is 14.8 Å². The molecule has 42 heavy (non-hydrogen) atoms. The van der Waals surface area contributed by atoms with Crippen LogP contribution in [0.25, 0.3) is 0 Å². The highest BCUT2D eigenvalue weighted by atomic mass is 35.5. The molecule has 4 aromatic rings. The summed E-state index contributed by atoms with van der Waals surface area (Å²) in [6.07, 6.45) is 0.876. The molecule has 0 fully saturated rings. The van der Waals surface area contributed by atoms with E-state index in [4.69, 9.17) is 31.2 Å². The van der Waals surface area contributed by atoms with E-state index in [-0.39, 0.29) is 5.91 Å². The van der Waals surface area contributed by atoms with Gasteiger partial charge < -0.3 is 20.1 Å². The molecule has 1 aromatic heterocycles. The number of thioether (sulfide) groups is 1. The Bertz CT molecular complexity index is 1650. The number of carbonyl (C=O) groups is 1. The Morgan fingerprint density at radius 1 is 1.10 bits per heavy atom. The van der Waals surface area contributed by atoms with Crippen LogP contribution in [0.1, 0.15) is 48.6 Å². The number of nitrogens with one attached hydrogen (secondary N) is 2. The lowest BCUT2D eigenvalue weighted by Crippen LogP contribution is -2.31. The van der Waals surface area contributed by atoms with Gasteiger partial charge in [0.25, 0.3) is 5.91 Å². The molecule has 0 spiro atoms. The number of fused-ring (bicyclic) bond motifs is 1. The highest BCUT2D eigenvalue weighted by Crippen LogP contribution is 2.40. The maximum absolute atomic E-state index is 14.0. The SMILES string of the molecule is CCCOc1ccc(C2C(C(=O)Nc3cccc(C)c3C)=C(C)Nc3nc(SCc4ccccc4Cl)nn32)cc1OC. The van der Waals surface area contributed by atoms with Gasteiger partial charge in [-0.1, -0.05) is 66.7 Å². The molecule has 8 nitrogen and oxygen atoms in total. The number of amides is 1. The molecule has 1 amide bonds. The van der Waals surface area contributed by atoms with Crippen LogP contribution in [0.5, 0.6) is 11.5 Å². The van der Waals surface area contributed by atoms with Crippen LogP contribution in [0, 0.1) is 13.8 Å². The number of aryl methyl sites for hydroxylation is 1. The lowest BCUT2D eigenvalue weighted by atomic mass is 9.94. The molecule has 0 saturated heterocycles. The normalized spacial score (nSPS) is 14.3. The highest BCUT2D eigenvalue weighted by Gasteiger charge is 2.35. The van der Waals surface area contributed by atoms with Crippen molar-refractivity contribution in [2.24, 2.45) is 0 Å². The number of hydrogen-bond acceptors (Lipinski definition) is 7. The van der Waals surface area contributed by atoms with E-state index in [9.17, 15) is 4.79 Å². The molecule has 0 bridgehead atoms. The van der Waals surface area contributed by atoms with Gasteiger partial charge in [0.15, 0.2) is 11.5 Å². The van der Waals surface area contributed by atoms with Crippen LogP contribution in [-0.2, 0) is 10.5 Å². The minimum atomic E-state index is -0.567. The Morgan fingerprint density at radius 3 is 2.67 bits per heavy atom. The minimum absolute atomic E-state index is 0.226. The van der Waals surface area contributed by atoms with Gasteiger partial charge >= 0.3 is 0 Å². The first-order valence-electron chi connectivity index (χ1n) is 13.8. The fraction of sp³-hybridized carbons (Fsp3) is 0.281. The molecule has 1 aliphatic heterocycles. The summed E-state index contributed by atoms with van der Waals surface area (Å²) >= 11 is 7.87. The molecular weight excluding hydrogens is 570 g/mol. The van der Waals surface area contributed by atoms with Gasteiger partial charge in [-0.2, -0.15) is 4.98 Å². The molecule has 2 N–H and O–H groups in total. The summed E-state index contributed by atoms with van der Waals surface area (Å²) in [5.41, 5.74) is 5.91. The van der Waals surface area contributed by atoms with Crippen molar-refractivity contribution < 1.29 is 14.3 Å². The van der Waals surface area contributed by atoms with Crippen molar-refractivity contribution in [3.8, 4) is 11.5 Å². The van der Waals surface area contributed by atoms with Crippen molar-refractivity contribution in [2.75, 3.05) is 24.4 Å². The number of anilines is 2. The molecule has 1 unspecified atom stereocenters. The van der Waals surface area contributed by atoms with E-state index in [0.29, 0.717) is 51.3 Å². The predicted molar refractivity (Wildman–Crippen MR) is 169 cm³/mol. The Kier molecular flexibility index (Phi) is 9.09. The van der Waals surface area contributed by atoms with Crippen molar-refractivity contribution >= 4 is 40.9 Å². The van der Waals surface area contributed by atoms with Crippen LogP contribution < -0.4 is 20.1 Å². The first-order chi connectivity index (χ1) is 20.3. The zero-order chi connectivity index (χ0) is 29.8. The number of halogens is 1. The van der Waals surface area contributed by atoms with Gasteiger partial charge in [0.05, 0.1) is 19.3 Å². The van der Waals surface area contributed by atoms with Crippen LogP contribution in [0.3, 0.4) is 0 Å². The molecule has 218 valence electrons. The molecule has 1 atom stereocenters. The van der Waals surface area contributed by atoms with E-state index in [0.717, 1.165) is 34.4 Å². The third kappa shape index (κ3) is 6.12. The zero-order valence-corrected chi connectivity index (χ0v) is 25.9. The smallest absolute Gasteiger partial charge is 0.255 e. The van der Waals surface area contributed by atoms with Crippen molar-refractivity contribution in [3.05, 3.63) is 99.2 Å². The average molecular weight is 604 g/mol. The number of ether oxygens (including phenoxy) is 2. The number of nitrogens with zero attached hydrogens (tertiary/aromatic N) is 3. The maximum atomic E-state index is 14.0. The summed E-state index contributed by atoms with van der Waals surface area (Å²) in [6, 6.07) is 18.8. The molecule has 0 radical (unpaired) electrons. The van der Waals surface area contributed by atoms with Gasteiger partial charge in [0, 0.05) is 22.2 Å². The summed E-state index contributed by atoms with van der Waals surface area (Å²) in [5.74, 6) is 2.16. The second-order valence-corrected chi connectivity index (χ2v) is 11.4. The second kappa shape index (κ2) is 12.9. The number of allylic oxidation sites excluding steroid dienone is 1. The third-order valence-electron chi connectivity index (χ3n) is 7.21. The first kappa shape index (κ1) is 29.5. The first-order valence-corrected chi connectivity index (χ1v) is 15.2. The molecular formula is C32H34ClN5O3S. The minimum Gasteiger partial charge on any atom is -0.493 e. The summed E-state index contributed by atoms with van der Waals surface area (Å²) in [7, 11) is 1.61. The average Bonchev–Trinajstić information content (AvgIpc) is 3.39. The quantitative estimate of drug-likeness (QED) is 0.181. The Labute approximate surface area is 255 Å². The molecule has 1 aliphatic rings. The van der Waals surface area contributed by atoms with E-state index in [2.05, 4.69) is 17.6 Å². The van der Waals surface area contributed by atoms with Crippen LogP contribution in [0.4, 0.5) is 11.6 Å². The fourth-order valence-corrected chi connectivity index (χ4v) is 5.93. The van der Waals surface area contributed by atoms with E-state index in [1.165, 1.54) is 11.8 Å². The van der Waals surface area contributed by atoms with Gasteiger partial charge in [0.2, 0.25) is 11.1 Å². The number of benzene rings is 3. The third-order valence-corrected chi connectivity index (χ3v) is 8.47. The van der Waals surface area contributed by atoms with E-state index < -0.39 is 6.04 Å². The van der Waals surface area contributed by atoms with Crippen LogP contribution in [0.15, 0.2) is 77.1 Å². The number of carbonyl (C=O) groups excluding carboxylic acids is 1. The summed E-state index contributed by atoms with van der Waals surface area (Å²) < 4.78 is 13.4. The van der Waals surface area contributed by atoms with Gasteiger partial charge in [-0.25, -0.2) is 4.68 Å². The second-order valence-electron chi connectivity index (χ2n) is 10.1. The van der Waals surface area contributed by atoms with Crippen molar-refractivity contribution in [1.29, 1.82) is 0 Å². The van der Waals surface area contributed by atoms with Crippen LogP contribution in [0.2, 0.25) is 5.02 Å². The zero-order valence-electron chi connectivity index (χ0n) is 24.3. The largest absolute Gasteiger partial charge is 0.493 e. The summed E-state index contributed by atoms with van der Waals surface area (Å²) in [5, 5.41) is 12.6. The topological polar surface area (TPSA) is 90.3 Å². The van der Waals surface area contributed by atoms with Crippen molar-refractivity contribution in [3.63, 3.8) is 0 Å². The lowest BCUT2D eigenvalue weighted by Gasteiger charge is -2.29. The number of methoxy groups -OCH3 is 1. The summed E-state index contributed by atoms with van der Waals surface area (Å²) in [6.45, 7) is 8.54. The van der Waals surface area contributed by atoms with Gasteiger partial charge in [-0.3, -0.25) is 4.79 Å². The van der Waals surface area contributed by atoms with Crippen LogP contribution in [-0.4, -0.2) is 34.4 Å². The van der Waals surface area contributed by atoms with E-state index in [1.54, 1.807) is 11.8 Å². The monoisotopic (exact) mass is 603 g/mol. The Hall–Kier alpha value is -3.95. The van der Waals surface area contributed by atoms with Gasteiger partial charge in [-0.15, -0.1) is 5.10 Å². The van der Waals surface area contributed by atoms with Gasteiger partial charge in [0.1, 0.15) is 6.04 Å². The Morgan fingerprint density at radius 2 is 1.90 bits per heavy atom. The van der Waals surface area contributed by atoms with E-state index in [1.807, 2.05) is 81.4 Å². The number of aromatic nitrogens is 3. The molecule has 5 rings (SSSR count). The summed E-state index contributed by atoms with van der Waals surface area (Å²) in [4.78, 5) is 18.8. The predicted octanol–water partition coefficient (Wildman–Crippen LogP) is 7.57. The number of rotatable bonds is 10. The standard InChI is InChI=1S/C32H34ClN5O3S/c1-6-16-41-26-15-14-22(17-27(26)40-5)29-28(30(39)35-25-13-9-10-19(2)20(25)3)21(4)34-31-36-32(37-38(29)31)42-18-23-11-7-8-12-24(23)33/h7-15,17,29H,6,16,18H2,1-5H3,(H,35,39)(H,34,36,37). The maximum Gasteiger partial charge on any atom is 0.255 e. The van der Waals surface area contributed by atoms with Crippen molar-refractivity contribution in [2.45, 2.75) is 51.1 Å². The Balaban J connectivity index is 1.54. The molecule has 0 aliphatic carbocycles. The highest BCUT2D eigenvalue weighted by molar-refractivity contribution is 7.98. The van der Waals surface area contributed by atoms with Gasteiger partial charge in [-0.05, 0) is 73.7 Å². The lowest BCUT2D eigenvalue weighted by molar-refractivity contribution is -0.113. The fourth-order valence-electron chi connectivity index (χ4n) is 4.81. The molecule has 3 aromatic carbocycles.